The van der Waals surface area contributed by atoms with Crippen LogP contribution in [0.5, 0.6) is 0 Å². The lowest BCUT2D eigenvalue weighted by atomic mass is 9.95. The Balaban J connectivity index is 1.57. The maximum absolute atomic E-state index is 13.7. The van der Waals surface area contributed by atoms with Crippen LogP contribution in [-0.2, 0) is 6.42 Å². The van der Waals surface area contributed by atoms with Crippen LogP contribution in [0, 0.1) is 12.8 Å². The summed E-state index contributed by atoms with van der Waals surface area (Å²) in [6.45, 7) is 6.84. The second-order valence-electron chi connectivity index (χ2n) is 9.38. The molecule has 0 amide bonds. The van der Waals surface area contributed by atoms with Gasteiger partial charge in [0.25, 0.3) is 0 Å². The van der Waals surface area contributed by atoms with Crippen molar-refractivity contribution < 1.29 is 9.59 Å². The summed E-state index contributed by atoms with van der Waals surface area (Å²) in [5.74, 6) is 0.448. The topological polar surface area (TPSA) is 62.0 Å². The van der Waals surface area contributed by atoms with Crippen molar-refractivity contribution in [1.29, 1.82) is 0 Å². The number of hydrogen-bond acceptors (Lipinski definition) is 3. The number of rotatable bonds is 10. The minimum atomic E-state index is -0.451. The van der Waals surface area contributed by atoms with Crippen LogP contribution in [0.25, 0.3) is 10.9 Å². The van der Waals surface area contributed by atoms with Crippen molar-refractivity contribution in [3.63, 3.8) is 0 Å². The summed E-state index contributed by atoms with van der Waals surface area (Å²) in [5.41, 5.74) is 5.54. The first-order valence-electron chi connectivity index (χ1n) is 11.9. The van der Waals surface area contributed by atoms with Crippen LogP contribution in [0.3, 0.4) is 0 Å². The highest BCUT2D eigenvalue weighted by Gasteiger charge is 2.24. The van der Waals surface area contributed by atoms with Gasteiger partial charge in [-0.2, -0.15) is 0 Å². The molecule has 0 spiro atoms. The number of aromatic nitrogens is 1. The maximum atomic E-state index is 13.7. The van der Waals surface area contributed by atoms with Gasteiger partial charge in [-0.25, -0.2) is 0 Å². The number of nitrogens with one attached hydrogen (secondary N) is 2. The van der Waals surface area contributed by atoms with Gasteiger partial charge in [0, 0.05) is 41.2 Å². The molecule has 0 bridgehead atoms. The van der Waals surface area contributed by atoms with E-state index in [9.17, 15) is 9.59 Å². The largest absolute Gasteiger partial charge is 0.360 e. The first kappa shape index (κ1) is 23.7. The molecule has 34 heavy (non-hydrogen) atoms. The predicted octanol–water partition coefficient (Wildman–Crippen LogP) is 6.46. The molecule has 4 rings (SSSR count). The van der Waals surface area contributed by atoms with Crippen molar-refractivity contribution in [1.82, 2.24) is 10.3 Å². The quantitative estimate of drug-likeness (QED) is 0.271. The lowest BCUT2D eigenvalue weighted by Crippen LogP contribution is -2.30. The minimum absolute atomic E-state index is 0.0163. The van der Waals surface area contributed by atoms with E-state index >= 15 is 0 Å². The van der Waals surface area contributed by atoms with Crippen molar-refractivity contribution in [2.24, 2.45) is 5.92 Å². The Morgan fingerprint density at radius 2 is 1.68 bits per heavy atom. The van der Waals surface area contributed by atoms with Gasteiger partial charge in [-0.15, -0.1) is 0 Å². The molecule has 0 aliphatic carbocycles. The van der Waals surface area contributed by atoms with Crippen LogP contribution in [0.2, 0.25) is 0 Å². The van der Waals surface area contributed by atoms with Crippen LogP contribution in [0.15, 0.2) is 79.0 Å². The molecule has 2 N–H and O–H groups in total. The second-order valence-corrected chi connectivity index (χ2v) is 9.38. The van der Waals surface area contributed by atoms with Gasteiger partial charge >= 0.3 is 0 Å². The van der Waals surface area contributed by atoms with Gasteiger partial charge in [-0.1, -0.05) is 86.1 Å². The van der Waals surface area contributed by atoms with Crippen molar-refractivity contribution in [3.8, 4) is 0 Å². The van der Waals surface area contributed by atoms with E-state index in [1.807, 2.05) is 62.4 Å². The Morgan fingerprint density at radius 3 is 2.38 bits per heavy atom. The van der Waals surface area contributed by atoms with Gasteiger partial charge in [-0.3, -0.25) is 9.59 Å². The lowest BCUT2D eigenvalue weighted by molar-refractivity contribution is 0.0942. The van der Waals surface area contributed by atoms with Gasteiger partial charge in [0.2, 0.25) is 0 Å². The zero-order valence-electron chi connectivity index (χ0n) is 20.1. The van der Waals surface area contributed by atoms with Gasteiger partial charge in [0.05, 0.1) is 6.04 Å². The van der Waals surface area contributed by atoms with Gasteiger partial charge in [-0.05, 0) is 36.5 Å². The van der Waals surface area contributed by atoms with Gasteiger partial charge in [0.15, 0.2) is 11.6 Å². The van der Waals surface area contributed by atoms with Gasteiger partial charge < -0.3 is 10.3 Å². The van der Waals surface area contributed by atoms with Crippen LogP contribution in [0.1, 0.15) is 63.7 Å². The third-order valence-corrected chi connectivity index (χ3v) is 6.14. The van der Waals surface area contributed by atoms with E-state index in [0.717, 1.165) is 22.9 Å². The molecule has 0 saturated carbocycles. The third kappa shape index (κ3) is 5.52. The molecule has 0 radical (unpaired) electrons. The van der Waals surface area contributed by atoms with Crippen LogP contribution >= 0.6 is 0 Å². The number of benzene rings is 3. The number of Topliss-reactive ketones (excluding diaryl/α,β-unsaturated/α-hetero) is 2. The Labute approximate surface area is 201 Å². The van der Waals surface area contributed by atoms with E-state index in [1.165, 1.54) is 11.1 Å². The number of aryl methyl sites for hydroxylation is 1. The summed E-state index contributed by atoms with van der Waals surface area (Å²) in [4.78, 5) is 29.4. The summed E-state index contributed by atoms with van der Waals surface area (Å²) in [6, 6.07) is 23.5. The number of hydrogen-bond donors (Lipinski definition) is 2. The molecule has 3 aromatic carbocycles. The lowest BCUT2D eigenvalue weighted by Gasteiger charge is -2.18. The van der Waals surface area contributed by atoms with Crippen LogP contribution < -0.4 is 5.32 Å². The Bertz CT molecular complexity index is 1270. The first-order chi connectivity index (χ1) is 16.4. The zero-order chi connectivity index (χ0) is 24.1. The number of fused-ring (bicyclic) bond motifs is 1. The molecule has 1 aromatic heterocycles. The highest BCUT2D eigenvalue weighted by molar-refractivity contribution is 6.11. The summed E-state index contributed by atoms with van der Waals surface area (Å²) in [6.07, 6.45) is 3.12. The maximum Gasteiger partial charge on any atom is 0.186 e. The number of carbonyl (C=O) groups is 2. The van der Waals surface area contributed by atoms with E-state index in [1.54, 1.807) is 6.20 Å². The molecule has 174 valence electrons. The highest BCUT2D eigenvalue weighted by Crippen LogP contribution is 2.26. The summed E-state index contributed by atoms with van der Waals surface area (Å²) in [7, 11) is 0. The Kier molecular flexibility index (Phi) is 7.39. The normalized spacial score (nSPS) is 12.2. The van der Waals surface area contributed by atoms with Crippen molar-refractivity contribution in [3.05, 3.63) is 107 Å². The van der Waals surface area contributed by atoms with Crippen LogP contribution in [0.4, 0.5) is 0 Å². The van der Waals surface area contributed by atoms with E-state index in [0.29, 0.717) is 30.0 Å². The van der Waals surface area contributed by atoms with E-state index in [4.69, 9.17) is 0 Å². The number of ketones is 2. The molecular formula is C30H32N2O2. The molecule has 1 atom stereocenters. The predicted molar refractivity (Wildman–Crippen MR) is 138 cm³/mol. The molecule has 0 fully saturated rings. The Hall–Kier alpha value is -3.50. The fourth-order valence-corrected chi connectivity index (χ4v) is 4.27. The smallest absolute Gasteiger partial charge is 0.186 e. The third-order valence-electron chi connectivity index (χ3n) is 6.14. The van der Waals surface area contributed by atoms with Crippen molar-refractivity contribution in [2.45, 2.75) is 39.7 Å². The minimum Gasteiger partial charge on any atom is -0.360 e. The number of carbonyl (C=O) groups excluding carboxylic acids is 2. The van der Waals surface area contributed by atoms with Crippen LogP contribution in [-0.4, -0.2) is 23.1 Å². The molecule has 4 heteroatoms. The van der Waals surface area contributed by atoms with E-state index in [2.05, 4.69) is 41.5 Å². The number of H-pyrrole nitrogens is 1. The molecule has 4 aromatic rings. The zero-order valence-corrected chi connectivity index (χ0v) is 20.1. The summed E-state index contributed by atoms with van der Waals surface area (Å²) >= 11 is 0. The monoisotopic (exact) mass is 452 g/mol. The molecule has 0 aliphatic heterocycles. The highest BCUT2D eigenvalue weighted by atomic mass is 16.1. The molecule has 0 aliphatic rings. The average Bonchev–Trinajstić information content (AvgIpc) is 3.26. The molecular weight excluding hydrogens is 420 g/mol. The number of aromatic amines is 1. The van der Waals surface area contributed by atoms with Crippen molar-refractivity contribution in [2.75, 3.05) is 6.54 Å². The molecule has 4 nitrogen and oxygen atoms in total. The SMILES string of the molecule is Cc1ccc(CCN[C@@H](C(=O)c2c[nH]c3cc(C(=O)CC(C)C)ccc23)c2ccccc2)cc1. The van der Waals surface area contributed by atoms with E-state index < -0.39 is 6.04 Å². The fourth-order valence-electron chi connectivity index (χ4n) is 4.27. The standard InChI is InChI=1S/C30H32N2O2/c1-20(2)17-28(33)24-13-14-25-26(19-32-27(25)18-24)30(34)29(23-7-5-4-6-8-23)31-16-15-22-11-9-21(3)10-12-22/h4-14,18-20,29,31-32H,15-17H2,1-3H3/t29-/m1/s1. The molecule has 1 heterocycles. The average molecular weight is 453 g/mol. The Morgan fingerprint density at radius 1 is 0.941 bits per heavy atom. The van der Waals surface area contributed by atoms with E-state index in [-0.39, 0.29) is 11.6 Å². The van der Waals surface area contributed by atoms with Crippen molar-refractivity contribution >= 4 is 22.5 Å². The summed E-state index contributed by atoms with van der Waals surface area (Å²) in [5, 5.41) is 4.33. The first-order valence-corrected chi connectivity index (χ1v) is 11.9. The molecule has 0 saturated heterocycles. The molecule has 0 unspecified atom stereocenters. The summed E-state index contributed by atoms with van der Waals surface area (Å²) < 4.78 is 0. The second kappa shape index (κ2) is 10.6. The fraction of sp³-hybridized carbons (Fsp3) is 0.267. The van der Waals surface area contributed by atoms with Gasteiger partial charge in [0.1, 0.15) is 0 Å².